The summed E-state index contributed by atoms with van der Waals surface area (Å²) in [6, 6.07) is 7.38. The van der Waals surface area contributed by atoms with E-state index in [9.17, 15) is 9.18 Å². The number of carboxylic acids is 1. The van der Waals surface area contributed by atoms with E-state index in [4.69, 9.17) is 9.84 Å². The number of carboxylic acid groups (broad SMARTS) is 1. The zero-order valence-corrected chi connectivity index (χ0v) is 9.34. The van der Waals surface area contributed by atoms with E-state index in [1.54, 1.807) is 24.5 Å². The molecule has 0 aliphatic rings. The number of aliphatic carboxylic acids is 1. The van der Waals surface area contributed by atoms with Crippen molar-refractivity contribution < 1.29 is 19.0 Å². The van der Waals surface area contributed by atoms with Crippen molar-refractivity contribution in [3.05, 3.63) is 54.1 Å². The van der Waals surface area contributed by atoms with Crippen molar-refractivity contribution in [1.82, 2.24) is 4.98 Å². The Balaban J connectivity index is 2.16. The first kappa shape index (κ1) is 12.0. The van der Waals surface area contributed by atoms with Gasteiger partial charge in [-0.2, -0.15) is 0 Å². The Kier molecular flexibility index (Phi) is 3.52. The highest BCUT2D eigenvalue weighted by Gasteiger charge is 2.08. The SMILES string of the molecule is O=C(O)Cc1ccc(Oc2ccncc2)cc1F. The molecule has 0 amide bonds. The first-order chi connectivity index (χ1) is 8.65. The molecule has 0 bridgehead atoms. The van der Waals surface area contributed by atoms with Gasteiger partial charge in [0.1, 0.15) is 17.3 Å². The van der Waals surface area contributed by atoms with Crippen LogP contribution in [-0.4, -0.2) is 16.1 Å². The smallest absolute Gasteiger partial charge is 0.307 e. The van der Waals surface area contributed by atoms with Gasteiger partial charge in [0.2, 0.25) is 0 Å². The molecule has 0 atom stereocenters. The van der Waals surface area contributed by atoms with Crippen molar-refractivity contribution in [1.29, 1.82) is 0 Å². The first-order valence-electron chi connectivity index (χ1n) is 5.23. The third-order valence-electron chi connectivity index (χ3n) is 2.25. The molecule has 92 valence electrons. The van der Waals surface area contributed by atoms with E-state index in [0.29, 0.717) is 11.5 Å². The van der Waals surface area contributed by atoms with Crippen LogP contribution < -0.4 is 4.74 Å². The highest BCUT2D eigenvalue weighted by Crippen LogP contribution is 2.23. The summed E-state index contributed by atoms with van der Waals surface area (Å²) in [7, 11) is 0. The molecule has 1 aromatic heterocycles. The molecule has 0 aliphatic heterocycles. The van der Waals surface area contributed by atoms with Gasteiger partial charge in [0.05, 0.1) is 6.42 Å². The van der Waals surface area contributed by atoms with E-state index >= 15 is 0 Å². The van der Waals surface area contributed by atoms with Crippen molar-refractivity contribution in [3.8, 4) is 11.5 Å². The van der Waals surface area contributed by atoms with E-state index in [1.165, 1.54) is 18.2 Å². The molecule has 0 radical (unpaired) electrons. The monoisotopic (exact) mass is 247 g/mol. The standard InChI is InChI=1S/C13H10FNO3/c14-12-8-11(2-1-9(12)7-13(16)17)18-10-3-5-15-6-4-10/h1-6,8H,7H2,(H,16,17). The molecule has 5 heteroatoms. The topological polar surface area (TPSA) is 59.4 Å². The second-order valence-corrected chi connectivity index (χ2v) is 3.61. The number of aromatic nitrogens is 1. The Morgan fingerprint density at radius 1 is 1.22 bits per heavy atom. The van der Waals surface area contributed by atoms with E-state index in [1.807, 2.05) is 0 Å². The molecule has 0 unspecified atom stereocenters. The molecule has 2 rings (SSSR count). The van der Waals surface area contributed by atoms with Gasteiger partial charge in [-0.05, 0) is 23.8 Å². The Labute approximate surface area is 103 Å². The van der Waals surface area contributed by atoms with Crippen LogP contribution in [0.2, 0.25) is 0 Å². The maximum atomic E-state index is 13.6. The second-order valence-electron chi connectivity index (χ2n) is 3.61. The second kappa shape index (κ2) is 5.27. The molecule has 0 fully saturated rings. The number of rotatable bonds is 4. The Bertz CT molecular complexity index is 557. The summed E-state index contributed by atoms with van der Waals surface area (Å²) in [6.07, 6.45) is 2.77. The minimum atomic E-state index is -1.07. The lowest BCUT2D eigenvalue weighted by Crippen LogP contribution is -2.02. The molecule has 18 heavy (non-hydrogen) atoms. The number of nitrogens with zero attached hydrogens (tertiary/aromatic N) is 1. The first-order valence-corrected chi connectivity index (χ1v) is 5.23. The number of hydrogen-bond acceptors (Lipinski definition) is 3. The summed E-state index contributed by atoms with van der Waals surface area (Å²) in [6.45, 7) is 0. The highest BCUT2D eigenvalue weighted by molar-refractivity contribution is 5.70. The van der Waals surface area contributed by atoms with Crippen molar-refractivity contribution in [3.63, 3.8) is 0 Å². The average Bonchev–Trinajstić information content (AvgIpc) is 2.33. The molecule has 1 heterocycles. The van der Waals surface area contributed by atoms with Gasteiger partial charge < -0.3 is 9.84 Å². The van der Waals surface area contributed by atoms with Crippen LogP contribution in [0.3, 0.4) is 0 Å². The van der Waals surface area contributed by atoms with Crippen LogP contribution >= 0.6 is 0 Å². The van der Waals surface area contributed by atoms with Crippen molar-refractivity contribution in [2.45, 2.75) is 6.42 Å². The molecule has 4 nitrogen and oxygen atoms in total. The molecule has 0 saturated carbocycles. The van der Waals surface area contributed by atoms with E-state index < -0.39 is 11.8 Å². The van der Waals surface area contributed by atoms with Crippen molar-refractivity contribution >= 4 is 5.97 Å². The predicted molar refractivity (Wildman–Crippen MR) is 62.1 cm³/mol. The molecule has 1 N–H and O–H groups in total. The van der Waals surface area contributed by atoms with Crippen LogP contribution in [-0.2, 0) is 11.2 Å². The minimum Gasteiger partial charge on any atom is -0.481 e. The average molecular weight is 247 g/mol. The minimum absolute atomic E-state index is 0.129. The molecule has 2 aromatic rings. The summed E-state index contributed by atoms with van der Waals surface area (Å²) in [5.74, 6) is -0.816. The number of benzene rings is 1. The Morgan fingerprint density at radius 3 is 2.56 bits per heavy atom. The summed E-state index contributed by atoms with van der Waals surface area (Å²) in [5, 5.41) is 8.59. The number of pyridine rings is 1. The number of carbonyl (C=O) groups is 1. The molecule has 0 saturated heterocycles. The molecular formula is C13H10FNO3. The number of hydrogen-bond donors (Lipinski definition) is 1. The third-order valence-corrected chi connectivity index (χ3v) is 2.25. The Hall–Kier alpha value is -2.43. The zero-order valence-electron chi connectivity index (χ0n) is 9.34. The molecule has 1 aromatic carbocycles. The maximum Gasteiger partial charge on any atom is 0.307 e. The predicted octanol–water partition coefficient (Wildman–Crippen LogP) is 2.64. The largest absolute Gasteiger partial charge is 0.481 e. The zero-order chi connectivity index (χ0) is 13.0. The lowest BCUT2D eigenvalue weighted by Gasteiger charge is -2.06. The van der Waals surface area contributed by atoms with Crippen LogP contribution in [0.5, 0.6) is 11.5 Å². The van der Waals surface area contributed by atoms with E-state index in [0.717, 1.165) is 0 Å². The highest BCUT2D eigenvalue weighted by atomic mass is 19.1. The van der Waals surface area contributed by atoms with Gasteiger partial charge >= 0.3 is 5.97 Å². The number of halogens is 1. The van der Waals surface area contributed by atoms with Gasteiger partial charge in [-0.15, -0.1) is 0 Å². The normalized spacial score (nSPS) is 10.1. The van der Waals surface area contributed by atoms with Gasteiger partial charge in [-0.25, -0.2) is 4.39 Å². The van der Waals surface area contributed by atoms with E-state index in [2.05, 4.69) is 4.98 Å². The van der Waals surface area contributed by atoms with Crippen molar-refractivity contribution in [2.24, 2.45) is 0 Å². The fourth-order valence-electron chi connectivity index (χ4n) is 1.44. The summed E-state index contributed by atoms with van der Waals surface area (Å²) >= 11 is 0. The van der Waals surface area contributed by atoms with Gasteiger partial charge in [0.25, 0.3) is 0 Å². The Morgan fingerprint density at radius 2 is 1.94 bits per heavy atom. The van der Waals surface area contributed by atoms with Gasteiger partial charge in [0.15, 0.2) is 0 Å². The summed E-state index contributed by atoms with van der Waals surface area (Å²) in [4.78, 5) is 14.3. The molecule has 0 aliphatic carbocycles. The lowest BCUT2D eigenvalue weighted by molar-refractivity contribution is -0.136. The van der Waals surface area contributed by atoms with Crippen LogP contribution in [0.4, 0.5) is 4.39 Å². The fourth-order valence-corrected chi connectivity index (χ4v) is 1.44. The lowest BCUT2D eigenvalue weighted by atomic mass is 10.1. The van der Waals surface area contributed by atoms with Crippen molar-refractivity contribution in [2.75, 3.05) is 0 Å². The van der Waals surface area contributed by atoms with Gasteiger partial charge in [-0.3, -0.25) is 9.78 Å². The third kappa shape index (κ3) is 3.04. The molecular weight excluding hydrogens is 237 g/mol. The van der Waals surface area contributed by atoms with Crippen LogP contribution in [0.1, 0.15) is 5.56 Å². The van der Waals surface area contributed by atoms with Crippen LogP contribution in [0.25, 0.3) is 0 Å². The number of ether oxygens (including phenoxy) is 1. The quantitative estimate of drug-likeness (QED) is 0.902. The molecule has 0 spiro atoms. The maximum absolute atomic E-state index is 13.6. The van der Waals surface area contributed by atoms with Gasteiger partial charge in [-0.1, -0.05) is 6.07 Å². The van der Waals surface area contributed by atoms with Crippen LogP contribution in [0, 0.1) is 5.82 Å². The summed E-state index contributed by atoms with van der Waals surface area (Å²) in [5.41, 5.74) is 0.129. The van der Waals surface area contributed by atoms with Gasteiger partial charge in [0, 0.05) is 18.5 Å². The van der Waals surface area contributed by atoms with E-state index in [-0.39, 0.29) is 12.0 Å². The van der Waals surface area contributed by atoms with Crippen LogP contribution in [0.15, 0.2) is 42.7 Å². The summed E-state index contributed by atoms with van der Waals surface area (Å²) < 4.78 is 18.9. The fraction of sp³-hybridized carbons (Fsp3) is 0.0769.